The van der Waals surface area contributed by atoms with Crippen LogP contribution in [0, 0.1) is 0 Å². The molecule has 1 unspecified atom stereocenters. The number of pyridine rings is 2. The highest BCUT2D eigenvalue weighted by Gasteiger charge is 2.52. The first-order valence-electron chi connectivity index (χ1n) is 15.0. The lowest BCUT2D eigenvalue weighted by Gasteiger charge is -2.20. The number of amides is 2. The Bertz CT molecular complexity index is 1630. The molecule has 0 saturated carbocycles. The van der Waals surface area contributed by atoms with Crippen LogP contribution in [0.2, 0.25) is 0 Å². The molecule has 2 aliphatic carbocycles. The van der Waals surface area contributed by atoms with Crippen molar-refractivity contribution in [2.75, 3.05) is 10.6 Å². The minimum atomic E-state index is -0.443. The molecular weight excluding hydrogens is 520 g/mol. The molecule has 4 aliphatic rings. The van der Waals surface area contributed by atoms with Crippen molar-refractivity contribution in [3.63, 3.8) is 0 Å². The summed E-state index contributed by atoms with van der Waals surface area (Å²) in [7, 11) is 0. The van der Waals surface area contributed by atoms with Crippen molar-refractivity contribution in [2.45, 2.75) is 76.0 Å². The Morgan fingerprint density at radius 3 is 1.40 bits per heavy atom. The highest BCUT2D eigenvalue weighted by Crippen LogP contribution is 2.48. The van der Waals surface area contributed by atoms with E-state index in [2.05, 4.69) is 84.7 Å². The number of benzene rings is 2. The monoisotopic (exact) mass is 556 g/mol. The second-order valence-electron chi connectivity index (χ2n) is 12.9. The Morgan fingerprint density at radius 1 is 0.595 bits per heavy atom. The minimum Gasteiger partial charge on any atom is -0.310 e. The lowest BCUT2D eigenvalue weighted by atomic mass is 9.79. The van der Waals surface area contributed by atoms with E-state index in [1.807, 2.05) is 24.3 Å². The minimum absolute atomic E-state index is 0.0958. The molecule has 6 heteroatoms. The first-order valence-corrected chi connectivity index (χ1v) is 15.0. The number of hydrogen-bond donors (Lipinski definition) is 2. The average Bonchev–Trinajstić information content (AvgIpc) is 3.70. The first kappa shape index (κ1) is 26.6. The maximum absolute atomic E-state index is 12.6. The summed E-state index contributed by atoms with van der Waals surface area (Å²) in [6, 6.07) is 21.2. The summed E-state index contributed by atoms with van der Waals surface area (Å²) in [5, 5.41) is 5.90. The van der Waals surface area contributed by atoms with Crippen molar-refractivity contribution in [1.82, 2.24) is 9.97 Å². The van der Waals surface area contributed by atoms with Crippen LogP contribution in [0.5, 0.6) is 0 Å². The molecule has 212 valence electrons. The maximum Gasteiger partial charge on any atom is 0.237 e. The number of carbonyl (C=O) groups excluding carboxylic acids is 2. The fraction of sp³-hybridized carbons (Fsp3) is 0.333. The number of carbonyl (C=O) groups is 2. The van der Waals surface area contributed by atoms with Crippen LogP contribution in [-0.4, -0.2) is 21.8 Å². The van der Waals surface area contributed by atoms with Gasteiger partial charge in [0.2, 0.25) is 11.8 Å². The van der Waals surface area contributed by atoms with Gasteiger partial charge in [-0.05, 0) is 83.0 Å². The summed E-state index contributed by atoms with van der Waals surface area (Å²) >= 11 is 0. The molecule has 2 amide bonds. The quantitative estimate of drug-likeness (QED) is 0.300. The number of nitrogens with one attached hydrogen (secondary N) is 2. The van der Waals surface area contributed by atoms with E-state index in [0.717, 1.165) is 48.4 Å². The van der Waals surface area contributed by atoms with Gasteiger partial charge in [-0.25, -0.2) is 9.97 Å². The van der Waals surface area contributed by atoms with Crippen LogP contribution in [0.1, 0.15) is 84.0 Å². The maximum atomic E-state index is 12.6. The first-order chi connectivity index (χ1) is 20.2. The molecule has 42 heavy (non-hydrogen) atoms. The molecule has 2 spiro atoms. The Balaban J connectivity index is 0.000000137. The molecule has 2 aromatic carbocycles. The van der Waals surface area contributed by atoms with Crippen molar-refractivity contribution in [3.05, 3.63) is 118 Å². The third-order valence-corrected chi connectivity index (χ3v) is 9.74. The van der Waals surface area contributed by atoms with Gasteiger partial charge < -0.3 is 10.6 Å². The van der Waals surface area contributed by atoms with Crippen LogP contribution in [0.4, 0.5) is 11.6 Å². The molecule has 0 radical (unpaired) electrons. The number of aromatic nitrogens is 2. The van der Waals surface area contributed by atoms with Crippen LogP contribution in [0.15, 0.2) is 73.1 Å². The van der Waals surface area contributed by atoms with E-state index in [4.69, 9.17) is 0 Å². The molecule has 2 atom stereocenters. The third kappa shape index (κ3) is 3.99. The van der Waals surface area contributed by atoms with Gasteiger partial charge in [-0.3, -0.25) is 9.59 Å². The van der Waals surface area contributed by atoms with Crippen molar-refractivity contribution in [3.8, 4) is 0 Å². The molecule has 4 aromatic rings. The molecular formula is C36H36N4O2. The van der Waals surface area contributed by atoms with Gasteiger partial charge in [-0.15, -0.1) is 0 Å². The van der Waals surface area contributed by atoms with E-state index >= 15 is 0 Å². The topological polar surface area (TPSA) is 84.0 Å². The standard InChI is InChI=1S/2C18H18N2O/c2*1-11(2)12-5-6-13-9-18(10-14(13)8-12)15-4-3-7-19-16(15)20-17(18)21/h2*3-8,11H,9-10H2,1-2H3,(H,19,20,21)/t18-;/m1./s1. The normalized spacial score (nSPS) is 22.5. The van der Waals surface area contributed by atoms with Crippen LogP contribution in [0.25, 0.3) is 0 Å². The Hall–Kier alpha value is -4.32. The molecule has 8 rings (SSSR count). The van der Waals surface area contributed by atoms with E-state index in [-0.39, 0.29) is 11.8 Å². The highest BCUT2D eigenvalue weighted by atomic mass is 16.2. The van der Waals surface area contributed by atoms with Gasteiger partial charge >= 0.3 is 0 Å². The molecule has 0 bridgehead atoms. The van der Waals surface area contributed by atoms with Gasteiger partial charge in [-0.2, -0.15) is 0 Å². The Labute approximate surface area is 247 Å². The second-order valence-corrected chi connectivity index (χ2v) is 12.9. The predicted octanol–water partition coefficient (Wildman–Crippen LogP) is 6.39. The zero-order valence-electron chi connectivity index (χ0n) is 24.6. The van der Waals surface area contributed by atoms with Gasteiger partial charge in [0.1, 0.15) is 11.6 Å². The van der Waals surface area contributed by atoms with Crippen LogP contribution < -0.4 is 10.6 Å². The van der Waals surface area contributed by atoms with E-state index in [1.54, 1.807) is 12.4 Å². The summed E-state index contributed by atoms with van der Waals surface area (Å²) in [5.74, 6) is 2.69. The zero-order valence-corrected chi connectivity index (χ0v) is 24.6. The van der Waals surface area contributed by atoms with E-state index in [0.29, 0.717) is 11.8 Å². The van der Waals surface area contributed by atoms with Crippen molar-refractivity contribution < 1.29 is 9.59 Å². The van der Waals surface area contributed by atoms with E-state index < -0.39 is 10.8 Å². The van der Waals surface area contributed by atoms with E-state index in [9.17, 15) is 9.59 Å². The van der Waals surface area contributed by atoms with Crippen molar-refractivity contribution in [1.29, 1.82) is 0 Å². The predicted molar refractivity (Wildman–Crippen MR) is 165 cm³/mol. The molecule has 6 nitrogen and oxygen atoms in total. The molecule has 4 heterocycles. The molecule has 2 N–H and O–H groups in total. The SMILES string of the molecule is CC(C)c1ccc2c(c1)CC1(C2)C(=O)Nc2ncccc21.CC(C)c1ccc2c(c1)C[C@@]1(C2)C(=O)Nc2ncccc21. The number of nitrogens with zero attached hydrogens (tertiary/aromatic N) is 2. The Kier molecular flexibility index (Phi) is 6.08. The largest absolute Gasteiger partial charge is 0.310 e. The lowest BCUT2D eigenvalue weighted by molar-refractivity contribution is -0.121. The molecule has 2 aromatic heterocycles. The zero-order chi connectivity index (χ0) is 29.2. The number of fused-ring (bicyclic) bond motifs is 6. The Morgan fingerprint density at radius 2 is 1.00 bits per heavy atom. The lowest BCUT2D eigenvalue weighted by Crippen LogP contribution is -2.35. The van der Waals surface area contributed by atoms with Gasteiger partial charge in [0, 0.05) is 23.5 Å². The van der Waals surface area contributed by atoms with Crippen LogP contribution >= 0.6 is 0 Å². The fourth-order valence-electron chi connectivity index (χ4n) is 7.29. The summed E-state index contributed by atoms with van der Waals surface area (Å²) in [4.78, 5) is 33.8. The average molecular weight is 557 g/mol. The van der Waals surface area contributed by atoms with Crippen molar-refractivity contribution >= 4 is 23.5 Å². The van der Waals surface area contributed by atoms with Crippen molar-refractivity contribution in [2.24, 2.45) is 0 Å². The molecule has 0 saturated heterocycles. The van der Waals surface area contributed by atoms with Crippen LogP contribution in [0.3, 0.4) is 0 Å². The summed E-state index contributed by atoms with van der Waals surface area (Å²) < 4.78 is 0. The van der Waals surface area contributed by atoms with Gasteiger partial charge in [0.25, 0.3) is 0 Å². The summed E-state index contributed by atoms with van der Waals surface area (Å²) in [5.41, 5.74) is 9.13. The second kappa shape index (κ2) is 9.62. The number of hydrogen-bond acceptors (Lipinski definition) is 4. The summed E-state index contributed by atoms with van der Waals surface area (Å²) in [6.07, 6.45) is 6.60. The van der Waals surface area contributed by atoms with Gasteiger partial charge in [0.05, 0.1) is 10.8 Å². The van der Waals surface area contributed by atoms with Gasteiger partial charge in [0.15, 0.2) is 0 Å². The molecule has 2 aliphatic heterocycles. The van der Waals surface area contributed by atoms with Gasteiger partial charge in [-0.1, -0.05) is 76.2 Å². The number of anilines is 2. The van der Waals surface area contributed by atoms with E-state index in [1.165, 1.54) is 33.4 Å². The third-order valence-electron chi connectivity index (χ3n) is 9.74. The highest BCUT2D eigenvalue weighted by molar-refractivity contribution is 6.07. The fourth-order valence-corrected chi connectivity index (χ4v) is 7.29. The number of rotatable bonds is 2. The van der Waals surface area contributed by atoms with Crippen LogP contribution in [-0.2, 0) is 46.1 Å². The molecule has 0 fully saturated rings. The smallest absolute Gasteiger partial charge is 0.237 e. The summed E-state index contributed by atoms with van der Waals surface area (Å²) in [6.45, 7) is 8.81.